The molecule has 0 saturated carbocycles. The fraction of sp³-hybridized carbons (Fsp3) is 0.273. The lowest BCUT2D eigenvalue weighted by Gasteiger charge is -2.10. The fourth-order valence-electron chi connectivity index (χ4n) is 1.25. The number of halogens is 3. The van der Waals surface area contributed by atoms with E-state index >= 15 is 0 Å². The van der Waals surface area contributed by atoms with E-state index in [0.29, 0.717) is 6.07 Å². The molecule has 6 heteroatoms. The van der Waals surface area contributed by atoms with Gasteiger partial charge in [-0.3, -0.25) is 9.59 Å². The van der Waals surface area contributed by atoms with Crippen LogP contribution in [0.2, 0.25) is 0 Å². The topological polar surface area (TPSA) is 43.4 Å². The van der Waals surface area contributed by atoms with E-state index in [9.17, 15) is 18.4 Å². The van der Waals surface area contributed by atoms with Gasteiger partial charge in [-0.15, -0.1) is 0 Å². The summed E-state index contributed by atoms with van der Waals surface area (Å²) in [6.07, 6.45) is 0. The van der Waals surface area contributed by atoms with Crippen LogP contribution in [0.15, 0.2) is 12.1 Å². The van der Waals surface area contributed by atoms with Gasteiger partial charge in [0.2, 0.25) is 0 Å². The fourth-order valence-corrected chi connectivity index (χ4v) is 1.83. The second-order valence-corrected chi connectivity index (χ2v) is 4.44. The maximum absolute atomic E-state index is 13.2. The minimum atomic E-state index is -1.09. The number of carbonyl (C=O) groups excluding carboxylic acids is 2. The molecule has 0 aliphatic heterocycles. The van der Waals surface area contributed by atoms with Crippen molar-refractivity contribution in [2.45, 2.75) is 6.92 Å². The molecule has 1 atom stereocenters. The van der Waals surface area contributed by atoms with Crippen LogP contribution in [0.5, 0.6) is 0 Å². The molecule has 1 rings (SSSR count). The molecule has 0 saturated heterocycles. The Morgan fingerprint density at radius 3 is 2.47 bits per heavy atom. The van der Waals surface area contributed by atoms with Crippen LogP contribution in [0, 0.1) is 21.1 Å². The lowest BCUT2D eigenvalue weighted by Crippen LogP contribution is -2.23. The number of ketones is 1. The molecule has 0 heterocycles. The first-order valence-electron chi connectivity index (χ1n) is 4.65. The summed E-state index contributed by atoms with van der Waals surface area (Å²) < 4.78 is 30.6. The van der Waals surface area contributed by atoms with E-state index in [2.05, 4.69) is 4.74 Å². The SMILES string of the molecule is COC(=O)C(C)C(=O)c1cc(F)cc(F)c1I. The molecule has 1 unspecified atom stereocenters. The third-order valence-electron chi connectivity index (χ3n) is 2.21. The number of carbonyl (C=O) groups is 2. The van der Waals surface area contributed by atoms with Gasteiger partial charge in [0.05, 0.1) is 10.7 Å². The molecule has 3 nitrogen and oxygen atoms in total. The largest absolute Gasteiger partial charge is 0.468 e. The molecular formula is C11H9F2IO3. The monoisotopic (exact) mass is 354 g/mol. The highest BCUT2D eigenvalue weighted by Crippen LogP contribution is 2.21. The van der Waals surface area contributed by atoms with Gasteiger partial charge in [0, 0.05) is 11.6 Å². The van der Waals surface area contributed by atoms with Gasteiger partial charge < -0.3 is 4.74 Å². The van der Waals surface area contributed by atoms with Gasteiger partial charge in [0.15, 0.2) is 5.78 Å². The zero-order valence-corrected chi connectivity index (χ0v) is 11.2. The number of benzene rings is 1. The molecule has 92 valence electrons. The van der Waals surface area contributed by atoms with E-state index in [1.54, 1.807) is 22.6 Å². The Morgan fingerprint density at radius 1 is 1.35 bits per heavy atom. The van der Waals surface area contributed by atoms with Crippen LogP contribution in [0.1, 0.15) is 17.3 Å². The van der Waals surface area contributed by atoms with E-state index < -0.39 is 29.3 Å². The van der Waals surface area contributed by atoms with E-state index in [0.717, 1.165) is 13.2 Å². The Morgan fingerprint density at radius 2 is 1.94 bits per heavy atom. The second-order valence-electron chi connectivity index (χ2n) is 3.36. The van der Waals surface area contributed by atoms with Gasteiger partial charge in [-0.25, -0.2) is 8.78 Å². The van der Waals surface area contributed by atoms with Crippen molar-refractivity contribution in [2.24, 2.45) is 5.92 Å². The summed E-state index contributed by atoms with van der Waals surface area (Å²) in [6.45, 7) is 1.33. The highest BCUT2D eigenvalue weighted by Gasteiger charge is 2.26. The number of Topliss-reactive ketones (excluding diaryl/α,β-unsaturated/α-hetero) is 1. The first-order chi connectivity index (χ1) is 7.88. The molecule has 0 radical (unpaired) electrons. The summed E-state index contributed by atoms with van der Waals surface area (Å²) in [5.74, 6) is -4.18. The van der Waals surface area contributed by atoms with Crippen LogP contribution in [0.25, 0.3) is 0 Å². The van der Waals surface area contributed by atoms with Gasteiger partial charge in [0.1, 0.15) is 17.6 Å². The van der Waals surface area contributed by atoms with Crippen LogP contribution < -0.4 is 0 Å². The summed E-state index contributed by atoms with van der Waals surface area (Å²) in [6, 6.07) is 1.59. The minimum Gasteiger partial charge on any atom is -0.468 e. The van der Waals surface area contributed by atoms with Gasteiger partial charge in [-0.05, 0) is 35.6 Å². The third kappa shape index (κ3) is 2.99. The number of hydrogen-bond acceptors (Lipinski definition) is 3. The number of hydrogen-bond donors (Lipinski definition) is 0. The van der Waals surface area contributed by atoms with Crippen molar-refractivity contribution in [1.82, 2.24) is 0 Å². The van der Waals surface area contributed by atoms with Crippen LogP contribution in [-0.2, 0) is 9.53 Å². The first-order valence-corrected chi connectivity index (χ1v) is 5.73. The second kappa shape index (κ2) is 5.52. The third-order valence-corrected chi connectivity index (χ3v) is 3.30. The van der Waals surface area contributed by atoms with Gasteiger partial charge in [0.25, 0.3) is 0 Å². The Hall–Kier alpha value is -1.05. The minimum absolute atomic E-state index is 0.00949. The summed E-state index contributed by atoms with van der Waals surface area (Å²) in [7, 11) is 1.14. The lowest BCUT2D eigenvalue weighted by atomic mass is 9.99. The smallest absolute Gasteiger partial charge is 0.316 e. The molecule has 0 aliphatic rings. The molecule has 0 bridgehead atoms. The molecular weight excluding hydrogens is 345 g/mol. The van der Waals surface area contributed by atoms with Crippen molar-refractivity contribution in [2.75, 3.05) is 7.11 Å². The summed E-state index contributed by atoms with van der Waals surface area (Å²) in [4.78, 5) is 23.0. The number of rotatable bonds is 3. The summed E-state index contributed by atoms with van der Waals surface area (Å²) in [5.41, 5.74) is -0.152. The quantitative estimate of drug-likeness (QED) is 0.276. The van der Waals surface area contributed by atoms with Crippen LogP contribution in [0.4, 0.5) is 8.78 Å². The Labute approximate surface area is 110 Å². The highest BCUT2D eigenvalue weighted by atomic mass is 127. The van der Waals surface area contributed by atoms with Crippen LogP contribution in [0.3, 0.4) is 0 Å². The van der Waals surface area contributed by atoms with Crippen molar-refractivity contribution in [1.29, 1.82) is 0 Å². The molecule has 0 amide bonds. The normalized spacial score (nSPS) is 12.1. The summed E-state index contributed by atoms with van der Waals surface area (Å²) >= 11 is 1.59. The average Bonchev–Trinajstić information content (AvgIpc) is 2.30. The average molecular weight is 354 g/mol. The van der Waals surface area contributed by atoms with Crippen molar-refractivity contribution >= 4 is 34.3 Å². The molecule has 0 aromatic heterocycles. The number of methoxy groups -OCH3 is 1. The lowest BCUT2D eigenvalue weighted by molar-refractivity contribution is -0.143. The van der Waals surface area contributed by atoms with E-state index in [4.69, 9.17) is 0 Å². The number of esters is 1. The molecule has 1 aromatic rings. The summed E-state index contributed by atoms with van der Waals surface area (Å²) in [5, 5.41) is 0. The standard InChI is InChI=1S/C11H9F2IO3/c1-5(11(16)17-2)10(15)7-3-6(12)4-8(13)9(7)14/h3-5H,1-2H3. The van der Waals surface area contributed by atoms with Crippen LogP contribution in [-0.4, -0.2) is 18.9 Å². The Balaban J connectivity index is 3.17. The number of ether oxygens (including phenoxy) is 1. The van der Waals surface area contributed by atoms with Crippen molar-refractivity contribution in [3.63, 3.8) is 0 Å². The van der Waals surface area contributed by atoms with Crippen LogP contribution >= 0.6 is 22.6 Å². The van der Waals surface area contributed by atoms with Crippen molar-refractivity contribution < 1.29 is 23.1 Å². The van der Waals surface area contributed by atoms with Gasteiger partial charge >= 0.3 is 5.97 Å². The molecule has 1 aromatic carbocycles. The molecule has 0 N–H and O–H groups in total. The Kier molecular flexibility index (Phi) is 4.55. The van der Waals surface area contributed by atoms with Crippen molar-refractivity contribution in [3.8, 4) is 0 Å². The maximum atomic E-state index is 13.2. The van der Waals surface area contributed by atoms with Gasteiger partial charge in [-0.1, -0.05) is 0 Å². The van der Waals surface area contributed by atoms with Gasteiger partial charge in [-0.2, -0.15) is 0 Å². The van der Waals surface area contributed by atoms with E-state index in [-0.39, 0.29) is 9.13 Å². The highest BCUT2D eigenvalue weighted by molar-refractivity contribution is 14.1. The molecule has 0 spiro atoms. The van der Waals surface area contributed by atoms with E-state index in [1.165, 1.54) is 6.92 Å². The predicted molar refractivity (Wildman–Crippen MR) is 64.6 cm³/mol. The zero-order chi connectivity index (χ0) is 13.2. The molecule has 0 fully saturated rings. The van der Waals surface area contributed by atoms with E-state index in [1.807, 2.05) is 0 Å². The zero-order valence-electron chi connectivity index (χ0n) is 9.09. The Bertz CT molecular complexity index is 474. The maximum Gasteiger partial charge on any atom is 0.316 e. The predicted octanol–water partition coefficient (Wildman–Crippen LogP) is 2.56. The molecule has 0 aliphatic carbocycles. The first kappa shape index (κ1) is 14.0. The molecule has 17 heavy (non-hydrogen) atoms. The van der Waals surface area contributed by atoms with Crippen molar-refractivity contribution in [3.05, 3.63) is 32.9 Å².